The number of guanidine groups is 1. The number of carbonyl (C=O) groups is 2. The summed E-state index contributed by atoms with van der Waals surface area (Å²) >= 11 is 0. The first-order valence-corrected chi connectivity index (χ1v) is 8.30. The zero-order chi connectivity index (χ0) is 17.2. The maximum absolute atomic E-state index is 12.5. The fourth-order valence-corrected chi connectivity index (χ4v) is 3.17. The molecule has 0 bridgehead atoms. The molecule has 0 saturated carbocycles. The fraction of sp³-hybridized carbons (Fsp3) is 0.211. The van der Waals surface area contributed by atoms with Gasteiger partial charge < -0.3 is 10.2 Å². The molecule has 2 heterocycles. The van der Waals surface area contributed by atoms with Crippen LogP contribution in [0.2, 0.25) is 0 Å². The number of nitrogens with one attached hydrogen (secondary N) is 2. The van der Waals surface area contributed by atoms with Gasteiger partial charge in [0.1, 0.15) is 6.04 Å². The molecule has 0 unspecified atom stereocenters. The third kappa shape index (κ3) is 3.10. The van der Waals surface area contributed by atoms with Crippen LogP contribution in [-0.4, -0.2) is 30.4 Å². The van der Waals surface area contributed by atoms with E-state index in [9.17, 15) is 9.59 Å². The van der Waals surface area contributed by atoms with Crippen LogP contribution in [0, 0.1) is 0 Å². The topological polar surface area (TPSA) is 73.8 Å². The Morgan fingerprint density at radius 1 is 1.12 bits per heavy atom. The molecule has 126 valence electrons. The molecule has 2 aliphatic heterocycles. The number of carbonyl (C=O) groups excluding carboxylic acids is 2. The van der Waals surface area contributed by atoms with Crippen LogP contribution in [0.15, 0.2) is 59.6 Å². The quantitative estimate of drug-likeness (QED) is 0.881. The molecule has 0 radical (unpaired) electrons. The molecule has 2 amide bonds. The van der Waals surface area contributed by atoms with Gasteiger partial charge in [0.25, 0.3) is 0 Å². The minimum Gasteiger partial charge on any atom is -0.324 e. The lowest BCUT2D eigenvalue weighted by Gasteiger charge is -2.27. The molecule has 0 aliphatic carbocycles. The molecule has 0 fully saturated rings. The molecular weight excluding hydrogens is 316 g/mol. The van der Waals surface area contributed by atoms with E-state index in [1.165, 1.54) is 5.56 Å². The fourth-order valence-electron chi connectivity index (χ4n) is 3.17. The van der Waals surface area contributed by atoms with Crippen LogP contribution < -0.4 is 15.5 Å². The van der Waals surface area contributed by atoms with E-state index in [1.54, 1.807) is 0 Å². The van der Waals surface area contributed by atoms with Crippen LogP contribution in [0.25, 0.3) is 0 Å². The largest absolute Gasteiger partial charge is 0.324 e. The molecule has 6 nitrogen and oxygen atoms in total. The monoisotopic (exact) mass is 334 g/mol. The lowest BCUT2D eigenvalue weighted by Crippen LogP contribution is -2.50. The minimum atomic E-state index is -0.725. The van der Waals surface area contributed by atoms with E-state index in [2.05, 4.69) is 21.7 Å². The van der Waals surface area contributed by atoms with Gasteiger partial charge in [-0.1, -0.05) is 36.4 Å². The minimum absolute atomic E-state index is 0.0532. The van der Waals surface area contributed by atoms with E-state index in [-0.39, 0.29) is 18.2 Å². The summed E-state index contributed by atoms with van der Waals surface area (Å²) in [5, 5.41) is 5.62. The summed E-state index contributed by atoms with van der Waals surface area (Å²) in [6.45, 7) is 0.742. The van der Waals surface area contributed by atoms with Crippen molar-refractivity contribution in [3.05, 3.63) is 60.2 Å². The average molecular weight is 334 g/mol. The highest BCUT2D eigenvalue weighted by atomic mass is 16.2. The van der Waals surface area contributed by atoms with Crippen molar-refractivity contribution in [2.45, 2.75) is 18.9 Å². The predicted octanol–water partition coefficient (Wildman–Crippen LogP) is 1.93. The Balaban J connectivity index is 1.57. The Hall–Kier alpha value is -3.15. The number of hydrogen-bond acceptors (Lipinski definition) is 4. The Morgan fingerprint density at radius 2 is 1.88 bits per heavy atom. The Labute approximate surface area is 145 Å². The van der Waals surface area contributed by atoms with E-state index < -0.39 is 6.04 Å². The van der Waals surface area contributed by atoms with Gasteiger partial charge in [-0.15, -0.1) is 0 Å². The van der Waals surface area contributed by atoms with E-state index in [4.69, 9.17) is 0 Å². The molecule has 2 aromatic rings. The van der Waals surface area contributed by atoms with Gasteiger partial charge in [-0.2, -0.15) is 0 Å². The van der Waals surface area contributed by atoms with Crippen molar-refractivity contribution in [2.75, 3.05) is 16.8 Å². The number of hydrogen-bond donors (Lipinski definition) is 2. The molecule has 0 saturated heterocycles. The smallest absolute Gasteiger partial charge is 0.249 e. The standard InChI is InChI=1S/C19H18N4O2/c24-17-12-15(18(25)20-14-7-2-1-3-8-14)21-19(22-17)23-11-10-13-6-4-5-9-16(13)23/h1-9,15H,10-12H2,(H,20,25)(H,21,22,24)/t15-/m0/s1. The van der Waals surface area contributed by atoms with Crippen molar-refractivity contribution >= 4 is 29.1 Å². The number of para-hydroxylation sites is 2. The second-order valence-electron chi connectivity index (χ2n) is 6.11. The van der Waals surface area contributed by atoms with Gasteiger partial charge >= 0.3 is 0 Å². The molecule has 4 rings (SSSR count). The van der Waals surface area contributed by atoms with E-state index >= 15 is 0 Å². The number of aliphatic imine (C=N–C) groups is 1. The molecule has 2 aliphatic rings. The number of fused-ring (bicyclic) bond motifs is 1. The maximum atomic E-state index is 12.5. The van der Waals surface area contributed by atoms with Crippen LogP contribution in [0.4, 0.5) is 11.4 Å². The number of amides is 2. The molecule has 6 heteroatoms. The predicted molar refractivity (Wildman–Crippen MR) is 96.5 cm³/mol. The maximum Gasteiger partial charge on any atom is 0.249 e. The van der Waals surface area contributed by atoms with Crippen LogP contribution in [0.3, 0.4) is 0 Å². The van der Waals surface area contributed by atoms with Crippen LogP contribution in [0.1, 0.15) is 12.0 Å². The van der Waals surface area contributed by atoms with Gasteiger partial charge in [-0.05, 0) is 30.2 Å². The van der Waals surface area contributed by atoms with Crippen LogP contribution in [0.5, 0.6) is 0 Å². The van der Waals surface area contributed by atoms with Crippen LogP contribution in [-0.2, 0) is 16.0 Å². The van der Waals surface area contributed by atoms with Gasteiger partial charge in [-0.3, -0.25) is 14.9 Å². The first-order valence-electron chi connectivity index (χ1n) is 8.30. The van der Waals surface area contributed by atoms with E-state index in [0.717, 1.165) is 18.7 Å². The summed E-state index contributed by atoms with van der Waals surface area (Å²) in [5.41, 5.74) is 2.95. The second kappa shape index (κ2) is 6.39. The van der Waals surface area contributed by atoms with E-state index in [1.807, 2.05) is 53.4 Å². The van der Waals surface area contributed by atoms with Crippen molar-refractivity contribution < 1.29 is 9.59 Å². The van der Waals surface area contributed by atoms with Crippen molar-refractivity contribution in [3.63, 3.8) is 0 Å². The summed E-state index contributed by atoms with van der Waals surface area (Å²) in [5.74, 6) is -0.0111. The van der Waals surface area contributed by atoms with Gasteiger partial charge in [0.05, 0.1) is 6.42 Å². The second-order valence-corrected chi connectivity index (χ2v) is 6.11. The number of nitrogens with zero attached hydrogens (tertiary/aromatic N) is 2. The molecule has 0 spiro atoms. The first-order chi connectivity index (χ1) is 12.2. The summed E-state index contributed by atoms with van der Waals surface area (Å²) in [4.78, 5) is 31.1. The first kappa shape index (κ1) is 15.4. The third-order valence-corrected chi connectivity index (χ3v) is 4.39. The molecule has 1 atom stereocenters. The Kier molecular flexibility index (Phi) is 3.93. The van der Waals surface area contributed by atoms with Crippen molar-refractivity contribution in [3.8, 4) is 0 Å². The van der Waals surface area contributed by atoms with Gasteiger partial charge in [-0.25, -0.2) is 4.99 Å². The highest BCUT2D eigenvalue weighted by Gasteiger charge is 2.31. The summed E-state index contributed by atoms with van der Waals surface area (Å²) in [7, 11) is 0. The molecular formula is C19H18N4O2. The average Bonchev–Trinajstić information content (AvgIpc) is 3.06. The number of anilines is 2. The zero-order valence-corrected chi connectivity index (χ0v) is 13.6. The molecule has 2 N–H and O–H groups in total. The van der Waals surface area contributed by atoms with Crippen LogP contribution >= 0.6 is 0 Å². The van der Waals surface area contributed by atoms with Crippen molar-refractivity contribution in [1.29, 1.82) is 0 Å². The Morgan fingerprint density at radius 3 is 2.72 bits per heavy atom. The lowest BCUT2D eigenvalue weighted by molar-refractivity contribution is -0.124. The molecule has 0 aromatic heterocycles. The highest BCUT2D eigenvalue weighted by Crippen LogP contribution is 2.28. The summed E-state index contributed by atoms with van der Waals surface area (Å²) in [6.07, 6.45) is 0.948. The third-order valence-electron chi connectivity index (χ3n) is 4.39. The Bertz CT molecular complexity index is 848. The lowest BCUT2D eigenvalue weighted by atomic mass is 10.1. The number of rotatable bonds is 2. The van der Waals surface area contributed by atoms with Crippen molar-refractivity contribution in [2.24, 2.45) is 4.99 Å². The number of benzene rings is 2. The van der Waals surface area contributed by atoms with E-state index in [0.29, 0.717) is 11.6 Å². The van der Waals surface area contributed by atoms with Crippen molar-refractivity contribution in [1.82, 2.24) is 5.32 Å². The SMILES string of the molecule is O=C1C[C@@H](C(=O)Nc2ccccc2)N=C(N2CCc3ccccc32)N1. The van der Waals surface area contributed by atoms with Gasteiger partial charge in [0.15, 0.2) is 0 Å². The van der Waals surface area contributed by atoms with Gasteiger partial charge in [0.2, 0.25) is 17.8 Å². The zero-order valence-electron chi connectivity index (χ0n) is 13.6. The van der Waals surface area contributed by atoms with Gasteiger partial charge in [0, 0.05) is 17.9 Å². The summed E-state index contributed by atoms with van der Waals surface area (Å²) in [6, 6.07) is 16.5. The molecule has 25 heavy (non-hydrogen) atoms. The highest BCUT2D eigenvalue weighted by molar-refractivity contribution is 6.11. The summed E-state index contributed by atoms with van der Waals surface area (Å²) < 4.78 is 0. The normalized spacial score (nSPS) is 19.0. The molecule has 2 aromatic carbocycles.